The van der Waals surface area contributed by atoms with Gasteiger partial charge in [-0.1, -0.05) is 6.07 Å². The average molecular weight is 525 g/mol. The fourth-order valence-electron chi connectivity index (χ4n) is 4.63. The largest absolute Gasteiger partial charge is 0.439 e. The monoisotopic (exact) mass is 524 g/mol. The molecule has 0 bridgehead atoms. The number of rotatable bonds is 6. The van der Waals surface area contributed by atoms with E-state index in [0.29, 0.717) is 35.5 Å². The van der Waals surface area contributed by atoms with E-state index in [2.05, 4.69) is 20.4 Å². The molecule has 2 amide bonds. The molecule has 3 heterocycles. The summed E-state index contributed by atoms with van der Waals surface area (Å²) in [5.74, 6) is 1.52. The first-order valence-corrected chi connectivity index (χ1v) is 12.9. The van der Waals surface area contributed by atoms with Crippen LogP contribution in [0.2, 0.25) is 0 Å². The van der Waals surface area contributed by atoms with Crippen LogP contribution in [-0.4, -0.2) is 38.1 Å². The van der Waals surface area contributed by atoms with Crippen LogP contribution >= 0.6 is 0 Å². The molecule has 1 aliphatic heterocycles. The number of ether oxygens (including phenoxy) is 1. The van der Waals surface area contributed by atoms with Crippen molar-refractivity contribution in [2.24, 2.45) is 5.92 Å². The first-order chi connectivity index (χ1) is 18.6. The van der Waals surface area contributed by atoms with E-state index in [1.165, 1.54) is 5.56 Å². The Balaban J connectivity index is 1.24. The number of anilines is 2. The van der Waals surface area contributed by atoms with Gasteiger partial charge >= 0.3 is 0 Å². The third-order valence-electron chi connectivity index (χ3n) is 7.31. The lowest BCUT2D eigenvalue weighted by atomic mass is 10.1. The molecule has 1 aliphatic rings. The maximum absolute atomic E-state index is 13.0. The molecule has 0 saturated carbocycles. The maximum Gasteiger partial charge on any atom is 0.229 e. The highest BCUT2D eigenvalue weighted by Gasteiger charge is 2.35. The van der Waals surface area contributed by atoms with Gasteiger partial charge in [0.25, 0.3) is 0 Å². The smallest absolute Gasteiger partial charge is 0.229 e. The van der Waals surface area contributed by atoms with Crippen molar-refractivity contribution < 1.29 is 14.3 Å². The number of carbonyl (C=O) groups is 2. The highest BCUT2D eigenvalue weighted by Crippen LogP contribution is 2.29. The van der Waals surface area contributed by atoms with Crippen molar-refractivity contribution >= 4 is 23.2 Å². The fraction of sp³-hybridized carbons (Fsp3) is 0.300. The van der Waals surface area contributed by atoms with Crippen molar-refractivity contribution in [2.75, 3.05) is 16.8 Å². The lowest BCUT2D eigenvalue weighted by molar-refractivity contribution is -0.122. The second-order valence-electron chi connectivity index (χ2n) is 10.1. The van der Waals surface area contributed by atoms with Gasteiger partial charge in [0.05, 0.1) is 11.6 Å². The molecule has 2 aromatic heterocycles. The van der Waals surface area contributed by atoms with Crippen molar-refractivity contribution in [1.29, 1.82) is 0 Å². The summed E-state index contributed by atoms with van der Waals surface area (Å²) in [5.41, 5.74) is 6.82. The summed E-state index contributed by atoms with van der Waals surface area (Å²) < 4.78 is 7.79. The molecule has 200 valence electrons. The number of nitrogens with zero attached hydrogens (tertiary/aromatic N) is 5. The molecule has 9 heteroatoms. The summed E-state index contributed by atoms with van der Waals surface area (Å²) in [7, 11) is 0. The lowest BCUT2D eigenvalue weighted by Gasteiger charge is -2.18. The molecule has 2 aromatic carbocycles. The van der Waals surface area contributed by atoms with Crippen LogP contribution in [0.1, 0.15) is 40.3 Å². The Morgan fingerprint density at radius 3 is 2.36 bits per heavy atom. The summed E-state index contributed by atoms with van der Waals surface area (Å²) >= 11 is 0. The summed E-state index contributed by atoms with van der Waals surface area (Å²) in [6.07, 6.45) is 0.185. The SMILES string of the molecule is Cc1nc(Oc2ccc(NC(=O)C3CC(=O)N(c4ccc(C)c(C)c4)C3)cc2)cc(-n2nc(C)c(C)c2C)n1. The Morgan fingerprint density at radius 2 is 1.69 bits per heavy atom. The van der Waals surface area contributed by atoms with E-state index in [4.69, 9.17) is 4.74 Å². The van der Waals surface area contributed by atoms with Crippen LogP contribution in [0.3, 0.4) is 0 Å². The van der Waals surface area contributed by atoms with Gasteiger partial charge in [0.15, 0.2) is 5.82 Å². The number of amides is 2. The van der Waals surface area contributed by atoms with Crippen molar-refractivity contribution in [3.05, 3.63) is 82.4 Å². The number of carbonyl (C=O) groups excluding carboxylic acids is 2. The second-order valence-corrected chi connectivity index (χ2v) is 10.1. The summed E-state index contributed by atoms with van der Waals surface area (Å²) in [5, 5.41) is 7.51. The molecular weight excluding hydrogens is 492 g/mol. The van der Waals surface area contributed by atoms with Crippen molar-refractivity contribution in [1.82, 2.24) is 19.7 Å². The molecule has 4 aromatic rings. The maximum atomic E-state index is 13.0. The summed E-state index contributed by atoms with van der Waals surface area (Å²) in [4.78, 5) is 36.2. The topological polar surface area (TPSA) is 102 Å². The molecule has 1 fully saturated rings. The van der Waals surface area contributed by atoms with Crippen LogP contribution in [0, 0.1) is 47.5 Å². The molecule has 0 spiro atoms. The van der Waals surface area contributed by atoms with Crippen LogP contribution in [0.15, 0.2) is 48.5 Å². The summed E-state index contributed by atoms with van der Waals surface area (Å²) in [6.45, 7) is 12.2. The fourth-order valence-corrected chi connectivity index (χ4v) is 4.63. The minimum Gasteiger partial charge on any atom is -0.439 e. The summed E-state index contributed by atoms with van der Waals surface area (Å²) in [6, 6.07) is 14.7. The van der Waals surface area contributed by atoms with Crippen LogP contribution in [0.25, 0.3) is 5.82 Å². The number of benzene rings is 2. The molecule has 39 heavy (non-hydrogen) atoms. The zero-order valence-electron chi connectivity index (χ0n) is 23.1. The van der Waals surface area contributed by atoms with Gasteiger partial charge in [-0.15, -0.1) is 0 Å². The first-order valence-electron chi connectivity index (χ1n) is 12.9. The zero-order valence-corrected chi connectivity index (χ0v) is 23.1. The van der Waals surface area contributed by atoms with E-state index in [0.717, 1.165) is 28.2 Å². The molecule has 5 rings (SSSR count). The predicted molar refractivity (Wildman–Crippen MR) is 150 cm³/mol. The number of aromatic nitrogens is 4. The standard InChI is InChI=1S/C30H32N6O3/c1-17-7-10-25(13-18(17)2)35-16-23(14-29(35)37)30(38)33-24-8-11-26(12-9-24)39-28-15-27(31-22(6)32-28)36-21(5)19(3)20(4)34-36/h7-13,15,23H,14,16H2,1-6H3,(H,33,38). The first kappa shape index (κ1) is 26.1. The van der Waals surface area contributed by atoms with E-state index < -0.39 is 5.92 Å². The second kappa shape index (κ2) is 10.3. The lowest BCUT2D eigenvalue weighted by Crippen LogP contribution is -2.28. The van der Waals surface area contributed by atoms with Crippen molar-refractivity contribution in [3.8, 4) is 17.4 Å². The molecule has 0 radical (unpaired) electrons. The minimum atomic E-state index is -0.421. The van der Waals surface area contributed by atoms with Gasteiger partial charge in [-0.05, 0) is 94.6 Å². The minimum absolute atomic E-state index is 0.0442. The third kappa shape index (κ3) is 5.38. The molecule has 1 N–H and O–H groups in total. The van der Waals surface area contributed by atoms with Gasteiger partial charge in [-0.3, -0.25) is 9.59 Å². The molecule has 1 saturated heterocycles. The van der Waals surface area contributed by atoms with Crippen LogP contribution in [-0.2, 0) is 9.59 Å². The predicted octanol–water partition coefficient (Wildman–Crippen LogP) is 5.30. The van der Waals surface area contributed by atoms with Crippen LogP contribution in [0.5, 0.6) is 11.6 Å². The Labute approximate surface area is 227 Å². The number of aryl methyl sites for hydroxylation is 4. The number of hydrogen-bond donors (Lipinski definition) is 1. The zero-order chi connectivity index (χ0) is 27.8. The van der Waals surface area contributed by atoms with E-state index in [-0.39, 0.29) is 18.2 Å². The Bertz CT molecular complexity index is 1570. The molecule has 0 aliphatic carbocycles. The molecule has 1 atom stereocenters. The Hall–Kier alpha value is -4.53. The Morgan fingerprint density at radius 1 is 0.949 bits per heavy atom. The van der Waals surface area contributed by atoms with E-state index in [1.54, 1.807) is 39.9 Å². The number of nitrogens with one attached hydrogen (secondary N) is 1. The van der Waals surface area contributed by atoms with Crippen molar-refractivity contribution in [3.63, 3.8) is 0 Å². The van der Waals surface area contributed by atoms with Gasteiger partial charge in [0.2, 0.25) is 17.7 Å². The Kier molecular flexibility index (Phi) is 6.91. The molecular formula is C30H32N6O3. The van der Waals surface area contributed by atoms with Crippen molar-refractivity contribution in [2.45, 2.75) is 48.0 Å². The van der Waals surface area contributed by atoms with E-state index in [1.807, 2.05) is 59.7 Å². The van der Waals surface area contributed by atoms with E-state index >= 15 is 0 Å². The molecule has 1 unspecified atom stereocenters. The van der Waals surface area contributed by atoms with E-state index in [9.17, 15) is 9.59 Å². The molecule has 9 nitrogen and oxygen atoms in total. The quantitative estimate of drug-likeness (QED) is 0.367. The van der Waals surface area contributed by atoms with Gasteiger partial charge in [0, 0.05) is 36.1 Å². The highest BCUT2D eigenvalue weighted by atomic mass is 16.5. The van der Waals surface area contributed by atoms with Gasteiger partial charge in [-0.2, -0.15) is 10.1 Å². The average Bonchev–Trinajstić information content (AvgIpc) is 3.41. The highest BCUT2D eigenvalue weighted by molar-refractivity contribution is 6.03. The van der Waals surface area contributed by atoms with Gasteiger partial charge < -0.3 is 15.0 Å². The van der Waals surface area contributed by atoms with Crippen LogP contribution in [0.4, 0.5) is 11.4 Å². The van der Waals surface area contributed by atoms with Crippen LogP contribution < -0.4 is 15.0 Å². The van der Waals surface area contributed by atoms with Gasteiger partial charge in [-0.25, -0.2) is 9.67 Å². The normalized spacial score (nSPS) is 15.1. The van der Waals surface area contributed by atoms with Gasteiger partial charge in [0.1, 0.15) is 11.6 Å². The number of hydrogen-bond acceptors (Lipinski definition) is 6. The third-order valence-corrected chi connectivity index (χ3v) is 7.31.